The zero-order valence-corrected chi connectivity index (χ0v) is 12.8. The van der Waals surface area contributed by atoms with Crippen molar-refractivity contribution in [1.82, 2.24) is 15.1 Å². The molecule has 6 heteroatoms. The van der Waals surface area contributed by atoms with Crippen LogP contribution in [0.4, 0.5) is 4.39 Å². The van der Waals surface area contributed by atoms with E-state index in [0.717, 1.165) is 18.4 Å². The smallest absolute Gasteiger partial charge is 0.230 e. The Labute approximate surface area is 129 Å². The third-order valence-electron chi connectivity index (χ3n) is 4.07. The standard InChI is InChI=1S/C16H20FN3O2/c1-11-18-19-16(22-11)10-20(2)14-7-8-21-15(9-14)12-3-5-13(17)6-4-12/h3-6,14-15H,7-10H2,1-2H3. The molecule has 2 unspecified atom stereocenters. The van der Waals surface area contributed by atoms with E-state index in [-0.39, 0.29) is 11.9 Å². The second kappa shape index (κ2) is 6.54. The molecular weight excluding hydrogens is 285 g/mol. The maximum atomic E-state index is 13.0. The van der Waals surface area contributed by atoms with Gasteiger partial charge in [-0.2, -0.15) is 0 Å². The summed E-state index contributed by atoms with van der Waals surface area (Å²) in [5.74, 6) is 0.990. The van der Waals surface area contributed by atoms with Gasteiger partial charge in [0.05, 0.1) is 12.6 Å². The molecule has 0 radical (unpaired) electrons. The summed E-state index contributed by atoms with van der Waals surface area (Å²) in [4.78, 5) is 2.21. The average molecular weight is 305 g/mol. The zero-order chi connectivity index (χ0) is 15.5. The Morgan fingerprint density at radius 2 is 2.05 bits per heavy atom. The lowest BCUT2D eigenvalue weighted by Gasteiger charge is -2.35. The minimum atomic E-state index is -0.222. The van der Waals surface area contributed by atoms with Crippen LogP contribution < -0.4 is 0 Å². The normalized spacial score (nSPS) is 22.2. The van der Waals surface area contributed by atoms with Crippen molar-refractivity contribution in [3.8, 4) is 0 Å². The Bertz CT molecular complexity index is 614. The highest BCUT2D eigenvalue weighted by Crippen LogP contribution is 2.30. The van der Waals surface area contributed by atoms with E-state index in [9.17, 15) is 4.39 Å². The Morgan fingerprint density at radius 3 is 2.73 bits per heavy atom. The fourth-order valence-electron chi connectivity index (χ4n) is 2.83. The molecule has 1 aliphatic rings. The van der Waals surface area contributed by atoms with Gasteiger partial charge in [0.1, 0.15) is 5.82 Å². The van der Waals surface area contributed by atoms with Crippen molar-refractivity contribution in [2.45, 2.75) is 38.5 Å². The van der Waals surface area contributed by atoms with Gasteiger partial charge >= 0.3 is 0 Å². The molecule has 2 aromatic rings. The van der Waals surface area contributed by atoms with Crippen LogP contribution in [0.5, 0.6) is 0 Å². The SMILES string of the molecule is Cc1nnc(CN(C)C2CCOC(c3ccc(F)cc3)C2)o1. The number of nitrogens with zero attached hydrogens (tertiary/aromatic N) is 3. The molecule has 0 aliphatic carbocycles. The third-order valence-corrected chi connectivity index (χ3v) is 4.07. The lowest BCUT2D eigenvalue weighted by molar-refractivity contribution is -0.0262. The van der Waals surface area contributed by atoms with E-state index in [1.165, 1.54) is 12.1 Å². The minimum Gasteiger partial charge on any atom is -0.424 e. The number of rotatable bonds is 4. The van der Waals surface area contributed by atoms with E-state index in [4.69, 9.17) is 9.15 Å². The predicted molar refractivity (Wildman–Crippen MR) is 78.6 cm³/mol. The van der Waals surface area contributed by atoms with E-state index in [1.54, 1.807) is 19.1 Å². The highest BCUT2D eigenvalue weighted by Gasteiger charge is 2.27. The van der Waals surface area contributed by atoms with Crippen molar-refractivity contribution in [1.29, 1.82) is 0 Å². The molecule has 2 atom stereocenters. The van der Waals surface area contributed by atoms with E-state index in [2.05, 4.69) is 22.1 Å². The molecule has 1 fully saturated rings. The number of hydrogen-bond donors (Lipinski definition) is 0. The van der Waals surface area contributed by atoms with Crippen LogP contribution in [0.2, 0.25) is 0 Å². The Hall–Kier alpha value is -1.79. The van der Waals surface area contributed by atoms with Gasteiger partial charge in [-0.15, -0.1) is 10.2 Å². The summed E-state index contributed by atoms with van der Waals surface area (Å²) in [6, 6.07) is 6.92. The molecule has 0 bridgehead atoms. The van der Waals surface area contributed by atoms with E-state index in [1.807, 2.05) is 0 Å². The van der Waals surface area contributed by atoms with E-state index < -0.39 is 0 Å². The van der Waals surface area contributed by atoms with Gasteiger partial charge in [0.2, 0.25) is 11.8 Å². The lowest BCUT2D eigenvalue weighted by atomic mass is 9.96. The Morgan fingerprint density at radius 1 is 1.27 bits per heavy atom. The first-order valence-corrected chi connectivity index (χ1v) is 7.48. The Balaban J connectivity index is 1.63. The number of halogens is 1. The molecule has 0 amide bonds. The molecule has 0 N–H and O–H groups in total. The number of benzene rings is 1. The Kier molecular flexibility index (Phi) is 4.49. The molecule has 22 heavy (non-hydrogen) atoms. The zero-order valence-electron chi connectivity index (χ0n) is 12.8. The molecule has 1 aromatic carbocycles. The molecule has 0 saturated carbocycles. The van der Waals surface area contributed by atoms with Gasteiger partial charge < -0.3 is 9.15 Å². The number of aromatic nitrogens is 2. The van der Waals surface area contributed by atoms with Gasteiger partial charge in [0.25, 0.3) is 0 Å². The van der Waals surface area contributed by atoms with Crippen LogP contribution >= 0.6 is 0 Å². The van der Waals surface area contributed by atoms with Crippen molar-refractivity contribution in [2.75, 3.05) is 13.7 Å². The quantitative estimate of drug-likeness (QED) is 0.869. The summed E-state index contributed by atoms with van der Waals surface area (Å²) >= 11 is 0. The van der Waals surface area contributed by atoms with Gasteiger partial charge in [0.15, 0.2) is 0 Å². The maximum absolute atomic E-state index is 13.0. The molecule has 1 aromatic heterocycles. The van der Waals surface area contributed by atoms with Gasteiger partial charge in [-0.05, 0) is 37.6 Å². The lowest BCUT2D eigenvalue weighted by Crippen LogP contribution is -2.37. The molecule has 1 aliphatic heterocycles. The van der Waals surface area contributed by atoms with Crippen molar-refractivity contribution in [3.05, 3.63) is 47.4 Å². The molecular formula is C16H20FN3O2. The van der Waals surface area contributed by atoms with Crippen molar-refractivity contribution in [3.63, 3.8) is 0 Å². The second-order valence-electron chi connectivity index (χ2n) is 5.72. The van der Waals surface area contributed by atoms with Crippen LogP contribution in [0.1, 0.15) is 36.3 Å². The second-order valence-corrected chi connectivity index (χ2v) is 5.72. The maximum Gasteiger partial charge on any atom is 0.230 e. The van der Waals surface area contributed by atoms with E-state index in [0.29, 0.717) is 31.0 Å². The summed E-state index contributed by atoms with van der Waals surface area (Å²) in [5, 5.41) is 7.89. The highest BCUT2D eigenvalue weighted by atomic mass is 19.1. The first-order chi connectivity index (χ1) is 10.6. The summed E-state index contributed by atoms with van der Waals surface area (Å²) in [6.07, 6.45) is 1.84. The molecule has 0 spiro atoms. The van der Waals surface area contributed by atoms with Gasteiger partial charge in [-0.1, -0.05) is 12.1 Å². The topological polar surface area (TPSA) is 51.4 Å². The fraction of sp³-hybridized carbons (Fsp3) is 0.500. The molecule has 2 heterocycles. The van der Waals surface area contributed by atoms with Crippen LogP contribution in [0.3, 0.4) is 0 Å². The first kappa shape index (κ1) is 15.1. The number of hydrogen-bond acceptors (Lipinski definition) is 5. The summed E-state index contributed by atoms with van der Waals surface area (Å²) in [7, 11) is 2.05. The van der Waals surface area contributed by atoms with Crippen LogP contribution in [0, 0.1) is 12.7 Å². The van der Waals surface area contributed by atoms with Crippen molar-refractivity contribution in [2.24, 2.45) is 0 Å². The number of aryl methyl sites for hydroxylation is 1. The van der Waals surface area contributed by atoms with Gasteiger partial charge in [0, 0.05) is 19.6 Å². The van der Waals surface area contributed by atoms with Gasteiger partial charge in [-0.3, -0.25) is 4.90 Å². The first-order valence-electron chi connectivity index (χ1n) is 7.48. The van der Waals surface area contributed by atoms with Crippen LogP contribution in [-0.4, -0.2) is 34.8 Å². The van der Waals surface area contributed by atoms with Gasteiger partial charge in [-0.25, -0.2) is 4.39 Å². The third kappa shape index (κ3) is 3.51. The van der Waals surface area contributed by atoms with Crippen molar-refractivity contribution < 1.29 is 13.5 Å². The molecule has 1 saturated heterocycles. The van der Waals surface area contributed by atoms with Crippen LogP contribution in [0.25, 0.3) is 0 Å². The predicted octanol–water partition coefficient (Wildman–Crippen LogP) is 2.87. The monoisotopic (exact) mass is 305 g/mol. The molecule has 118 valence electrons. The number of ether oxygens (including phenoxy) is 1. The molecule has 5 nitrogen and oxygen atoms in total. The fourth-order valence-corrected chi connectivity index (χ4v) is 2.83. The minimum absolute atomic E-state index is 0.00576. The largest absolute Gasteiger partial charge is 0.424 e. The summed E-state index contributed by atoms with van der Waals surface area (Å²) in [6.45, 7) is 3.11. The van der Waals surface area contributed by atoms with E-state index >= 15 is 0 Å². The van der Waals surface area contributed by atoms with Crippen molar-refractivity contribution >= 4 is 0 Å². The summed E-state index contributed by atoms with van der Waals surface area (Å²) in [5.41, 5.74) is 1.02. The molecule has 3 rings (SSSR count). The van der Waals surface area contributed by atoms with Crippen LogP contribution in [0.15, 0.2) is 28.7 Å². The average Bonchev–Trinajstić information content (AvgIpc) is 2.93. The summed E-state index contributed by atoms with van der Waals surface area (Å²) < 4.78 is 24.3. The van der Waals surface area contributed by atoms with Crippen LogP contribution in [-0.2, 0) is 11.3 Å². The highest BCUT2D eigenvalue weighted by molar-refractivity contribution is 5.19.